The fourth-order valence-corrected chi connectivity index (χ4v) is 4.65. The molecule has 1 saturated carbocycles. The van der Waals surface area contributed by atoms with Gasteiger partial charge in [0.15, 0.2) is 5.96 Å². The summed E-state index contributed by atoms with van der Waals surface area (Å²) in [7, 11) is 1.79. The van der Waals surface area contributed by atoms with E-state index in [1.807, 2.05) is 12.1 Å². The maximum absolute atomic E-state index is 12.7. The molecule has 1 aliphatic carbocycles. The smallest absolute Gasteiger partial charge is 0.225 e. The summed E-state index contributed by atoms with van der Waals surface area (Å²) in [4.78, 5) is 19.2. The molecule has 29 heavy (non-hydrogen) atoms. The van der Waals surface area contributed by atoms with Gasteiger partial charge < -0.3 is 20.3 Å². The number of aliphatic imine (C=N–C) groups is 1. The van der Waals surface area contributed by atoms with Gasteiger partial charge in [-0.05, 0) is 30.9 Å². The van der Waals surface area contributed by atoms with Gasteiger partial charge in [-0.15, -0.1) is 24.0 Å². The summed E-state index contributed by atoms with van der Waals surface area (Å²) >= 11 is 0. The van der Waals surface area contributed by atoms with Crippen molar-refractivity contribution in [2.45, 2.75) is 57.1 Å². The Kier molecular flexibility index (Phi) is 8.03. The van der Waals surface area contributed by atoms with Crippen molar-refractivity contribution in [1.29, 1.82) is 0 Å². The highest BCUT2D eigenvalue weighted by Gasteiger charge is 2.32. The molecule has 0 radical (unpaired) electrons. The van der Waals surface area contributed by atoms with Crippen LogP contribution in [0.4, 0.5) is 0 Å². The zero-order valence-corrected chi connectivity index (χ0v) is 19.6. The number of fused-ring (bicyclic) bond motifs is 1. The Bertz CT molecular complexity index is 696. The first-order valence-electron chi connectivity index (χ1n) is 10.7. The predicted molar refractivity (Wildman–Crippen MR) is 126 cm³/mol. The predicted octanol–water partition coefficient (Wildman–Crippen LogP) is 2.95. The van der Waals surface area contributed by atoms with Crippen molar-refractivity contribution < 1.29 is 9.53 Å². The van der Waals surface area contributed by atoms with Gasteiger partial charge in [0, 0.05) is 38.5 Å². The van der Waals surface area contributed by atoms with E-state index in [2.05, 4.69) is 32.7 Å². The lowest BCUT2D eigenvalue weighted by molar-refractivity contribution is -0.135. The Balaban J connectivity index is 0.00000240. The molecule has 3 aliphatic rings. The van der Waals surface area contributed by atoms with Crippen LogP contribution in [0, 0.1) is 5.92 Å². The number of hydrogen-bond donors (Lipinski definition) is 2. The van der Waals surface area contributed by atoms with Gasteiger partial charge in [0.05, 0.1) is 6.54 Å². The highest BCUT2D eigenvalue weighted by Crippen LogP contribution is 2.28. The van der Waals surface area contributed by atoms with Crippen LogP contribution in [0.5, 0.6) is 5.75 Å². The lowest BCUT2D eigenvalue weighted by Crippen LogP contribution is -2.47. The number of rotatable bonds is 4. The highest BCUT2D eigenvalue weighted by atomic mass is 127. The molecule has 2 unspecified atom stereocenters. The van der Waals surface area contributed by atoms with Crippen LogP contribution in [-0.2, 0) is 11.2 Å². The number of likely N-dealkylation sites (tertiary alicyclic amines) is 1. The lowest BCUT2D eigenvalue weighted by atomic mass is 9.88. The van der Waals surface area contributed by atoms with Crippen molar-refractivity contribution in [2.75, 3.05) is 26.7 Å². The van der Waals surface area contributed by atoms with Crippen molar-refractivity contribution in [3.8, 4) is 5.75 Å². The van der Waals surface area contributed by atoms with E-state index in [0.717, 1.165) is 50.5 Å². The van der Waals surface area contributed by atoms with Crippen molar-refractivity contribution >= 4 is 35.8 Å². The first-order valence-corrected chi connectivity index (χ1v) is 10.7. The molecule has 1 amide bonds. The number of hydrogen-bond acceptors (Lipinski definition) is 3. The Morgan fingerprint density at radius 2 is 2.00 bits per heavy atom. The Hall–Kier alpha value is -1.51. The molecule has 1 aromatic carbocycles. The van der Waals surface area contributed by atoms with E-state index in [1.54, 1.807) is 7.05 Å². The van der Waals surface area contributed by atoms with Gasteiger partial charge in [-0.3, -0.25) is 9.79 Å². The highest BCUT2D eigenvalue weighted by molar-refractivity contribution is 14.0. The van der Waals surface area contributed by atoms with Crippen LogP contribution in [0.1, 0.15) is 44.1 Å². The minimum absolute atomic E-state index is 0. The SMILES string of the molecule is CN=C(NCC1Cc2ccccc2O1)NC1CCN(C(=O)C2CCCCC2)C1.I. The molecule has 4 rings (SSSR count). The molecule has 160 valence electrons. The number of para-hydroxylation sites is 1. The molecule has 7 heteroatoms. The molecular weight excluding hydrogens is 479 g/mol. The first-order chi connectivity index (χ1) is 13.7. The van der Waals surface area contributed by atoms with E-state index in [-0.39, 0.29) is 42.0 Å². The van der Waals surface area contributed by atoms with Crippen molar-refractivity contribution in [3.05, 3.63) is 29.8 Å². The number of ether oxygens (including phenoxy) is 1. The van der Waals surface area contributed by atoms with Crippen LogP contribution >= 0.6 is 24.0 Å². The van der Waals surface area contributed by atoms with Gasteiger partial charge in [0.1, 0.15) is 11.9 Å². The maximum Gasteiger partial charge on any atom is 0.225 e. The summed E-state index contributed by atoms with van der Waals surface area (Å²) in [6.45, 7) is 2.35. The number of nitrogens with zero attached hydrogens (tertiary/aromatic N) is 2. The largest absolute Gasteiger partial charge is 0.488 e. The average Bonchev–Trinajstić information content (AvgIpc) is 3.37. The maximum atomic E-state index is 12.7. The van der Waals surface area contributed by atoms with Crippen LogP contribution in [0.25, 0.3) is 0 Å². The van der Waals surface area contributed by atoms with E-state index in [4.69, 9.17) is 4.74 Å². The van der Waals surface area contributed by atoms with E-state index in [0.29, 0.717) is 12.5 Å². The third kappa shape index (κ3) is 5.55. The van der Waals surface area contributed by atoms with E-state index in [1.165, 1.54) is 24.8 Å². The van der Waals surface area contributed by atoms with Crippen molar-refractivity contribution in [1.82, 2.24) is 15.5 Å². The Labute approximate surface area is 190 Å². The van der Waals surface area contributed by atoms with Crippen LogP contribution in [-0.4, -0.2) is 55.6 Å². The van der Waals surface area contributed by atoms with Gasteiger partial charge in [0.2, 0.25) is 5.91 Å². The summed E-state index contributed by atoms with van der Waals surface area (Å²) in [6, 6.07) is 8.48. The Morgan fingerprint density at radius 3 is 2.76 bits per heavy atom. The fourth-order valence-electron chi connectivity index (χ4n) is 4.65. The number of nitrogens with one attached hydrogen (secondary N) is 2. The zero-order valence-electron chi connectivity index (χ0n) is 17.2. The standard InChI is InChI=1S/C22H32N4O2.HI/c1-23-22(24-14-19-13-17-9-5-6-10-20(17)28-19)25-18-11-12-26(15-18)21(27)16-7-3-2-4-8-16;/h5-6,9-10,16,18-19H,2-4,7-8,11-15H2,1H3,(H2,23,24,25);1H. The molecule has 1 aromatic rings. The Morgan fingerprint density at radius 1 is 1.21 bits per heavy atom. The summed E-state index contributed by atoms with van der Waals surface area (Å²) in [6.07, 6.45) is 7.86. The second-order valence-electron chi connectivity index (χ2n) is 8.25. The normalized spacial score (nSPS) is 24.4. The molecule has 6 nitrogen and oxygen atoms in total. The summed E-state index contributed by atoms with van der Waals surface area (Å²) in [5.41, 5.74) is 1.27. The number of carbonyl (C=O) groups is 1. The molecule has 0 aromatic heterocycles. The van der Waals surface area contributed by atoms with Gasteiger partial charge in [-0.2, -0.15) is 0 Å². The van der Waals surface area contributed by atoms with E-state index >= 15 is 0 Å². The van der Waals surface area contributed by atoms with Gasteiger partial charge in [0.25, 0.3) is 0 Å². The minimum Gasteiger partial charge on any atom is -0.488 e. The topological polar surface area (TPSA) is 66.0 Å². The summed E-state index contributed by atoms with van der Waals surface area (Å²) in [5, 5.41) is 6.88. The molecule has 2 fully saturated rings. The molecule has 1 saturated heterocycles. The lowest BCUT2D eigenvalue weighted by Gasteiger charge is -2.26. The minimum atomic E-state index is 0. The molecule has 0 bridgehead atoms. The number of carbonyl (C=O) groups excluding carboxylic acids is 1. The quantitative estimate of drug-likeness (QED) is 0.370. The van der Waals surface area contributed by atoms with E-state index in [9.17, 15) is 4.79 Å². The third-order valence-electron chi connectivity index (χ3n) is 6.23. The molecular formula is C22H33IN4O2. The second-order valence-corrected chi connectivity index (χ2v) is 8.25. The number of halogens is 1. The van der Waals surface area contributed by atoms with Crippen LogP contribution in [0.15, 0.2) is 29.3 Å². The molecule has 2 heterocycles. The van der Waals surface area contributed by atoms with Gasteiger partial charge in [-0.1, -0.05) is 37.5 Å². The van der Waals surface area contributed by atoms with Crippen LogP contribution in [0.2, 0.25) is 0 Å². The second kappa shape index (κ2) is 10.5. The van der Waals surface area contributed by atoms with Crippen LogP contribution < -0.4 is 15.4 Å². The summed E-state index contributed by atoms with van der Waals surface area (Å²) < 4.78 is 5.99. The monoisotopic (exact) mass is 512 g/mol. The fraction of sp³-hybridized carbons (Fsp3) is 0.636. The number of benzene rings is 1. The molecule has 0 spiro atoms. The molecule has 2 N–H and O–H groups in total. The van der Waals surface area contributed by atoms with Gasteiger partial charge >= 0.3 is 0 Å². The zero-order chi connectivity index (χ0) is 19.3. The number of amides is 1. The molecule has 2 aliphatic heterocycles. The van der Waals surface area contributed by atoms with Crippen LogP contribution in [0.3, 0.4) is 0 Å². The van der Waals surface area contributed by atoms with E-state index < -0.39 is 0 Å². The summed E-state index contributed by atoms with van der Waals surface area (Å²) in [5.74, 6) is 2.40. The average molecular weight is 512 g/mol. The van der Waals surface area contributed by atoms with Gasteiger partial charge in [-0.25, -0.2) is 0 Å². The third-order valence-corrected chi connectivity index (χ3v) is 6.23. The van der Waals surface area contributed by atoms with Crippen molar-refractivity contribution in [3.63, 3.8) is 0 Å². The first kappa shape index (κ1) is 22.2. The van der Waals surface area contributed by atoms with Crippen molar-refractivity contribution in [2.24, 2.45) is 10.9 Å². The molecule has 2 atom stereocenters. The number of guanidine groups is 1.